The van der Waals surface area contributed by atoms with E-state index < -0.39 is 0 Å². The summed E-state index contributed by atoms with van der Waals surface area (Å²) in [4.78, 5) is 4.49. The molecular weight excluding hydrogens is 260 g/mol. The van der Waals surface area contributed by atoms with E-state index >= 15 is 0 Å². The normalized spacial score (nSPS) is 11.2. The van der Waals surface area contributed by atoms with Crippen molar-refractivity contribution >= 4 is 10.9 Å². The Hall–Kier alpha value is -2.20. The molecule has 2 aromatic heterocycles. The van der Waals surface area contributed by atoms with Gasteiger partial charge in [-0.25, -0.2) is 0 Å². The lowest BCUT2D eigenvalue weighted by atomic mass is 10.1. The minimum absolute atomic E-state index is 0.808. The van der Waals surface area contributed by atoms with Crippen LogP contribution in [0.4, 0.5) is 0 Å². The van der Waals surface area contributed by atoms with Crippen molar-refractivity contribution in [3.8, 4) is 0 Å². The number of nitrogens with one attached hydrogen (secondary N) is 1. The average molecular weight is 280 g/mol. The van der Waals surface area contributed by atoms with Gasteiger partial charge in [0.15, 0.2) is 0 Å². The third-order valence-corrected chi connectivity index (χ3v) is 3.99. The molecular formula is C17H20N4. The van der Waals surface area contributed by atoms with Crippen LogP contribution in [-0.4, -0.2) is 14.8 Å². The summed E-state index contributed by atoms with van der Waals surface area (Å²) >= 11 is 0. The van der Waals surface area contributed by atoms with E-state index in [0.717, 1.165) is 24.3 Å². The number of benzene rings is 1. The molecule has 0 radical (unpaired) electrons. The maximum atomic E-state index is 4.49. The van der Waals surface area contributed by atoms with Gasteiger partial charge >= 0.3 is 0 Å². The molecule has 0 spiro atoms. The Bertz CT molecular complexity index is 768. The summed E-state index contributed by atoms with van der Waals surface area (Å²) in [5.41, 5.74) is 5.90. The first-order valence-corrected chi connectivity index (χ1v) is 7.19. The maximum Gasteiger partial charge on any atom is 0.0746 e. The molecule has 2 heterocycles. The zero-order chi connectivity index (χ0) is 14.8. The first-order valence-electron chi connectivity index (χ1n) is 7.19. The van der Waals surface area contributed by atoms with E-state index in [1.54, 1.807) is 0 Å². The van der Waals surface area contributed by atoms with Gasteiger partial charge in [0.05, 0.1) is 11.2 Å². The van der Waals surface area contributed by atoms with Gasteiger partial charge in [0.1, 0.15) is 0 Å². The smallest absolute Gasteiger partial charge is 0.0746 e. The molecule has 0 aliphatic heterocycles. The average Bonchev–Trinajstić information content (AvgIpc) is 2.73. The van der Waals surface area contributed by atoms with Gasteiger partial charge in [0, 0.05) is 43.0 Å². The van der Waals surface area contributed by atoms with Crippen molar-refractivity contribution in [1.29, 1.82) is 0 Å². The molecule has 1 N–H and O–H groups in total. The van der Waals surface area contributed by atoms with Crippen LogP contribution < -0.4 is 5.32 Å². The molecule has 4 nitrogen and oxygen atoms in total. The lowest BCUT2D eigenvalue weighted by molar-refractivity contribution is 0.686. The van der Waals surface area contributed by atoms with E-state index in [1.165, 1.54) is 22.2 Å². The van der Waals surface area contributed by atoms with Crippen LogP contribution in [0.3, 0.4) is 0 Å². The third-order valence-electron chi connectivity index (χ3n) is 3.99. The standard InChI is InChI=1S/C17H20N4/c1-12-16(13(2)21(3)20-12)11-18-10-15-7-4-6-14-8-5-9-19-17(14)15/h4-9,18H,10-11H2,1-3H3. The lowest BCUT2D eigenvalue weighted by Crippen LogP contribution is -2.14. The number of aromatic nitrogens is 3. The van der Waals surface area contributed by atoms with Crippen LogP contribution in [0.2, 0.25) is 0 Å². The van der Waals surface area contributed by atoms with E-state index in [-0.39, 0.29) is 0 Å². The summed E-state index contributed by atoms with van der Waals surface area (Å²) in [5, 5.41) is 9.15. The molecule has 3 aromatic rings. The van der Waals surface area contributed by atoms with Crippen LogP contribution >= 0.6 is 0 Å². The summed E-state index contributed by atoms with van der Waals surface area (Å²) in [6, 6.07) is 10.4. The molecule has 0 aliphatic carbocycles. The van der Waals surface area contributed by atoms with E-state index in [4.69, 9.17) is 0 Å². The number of hydrogen-bond donors (Lipinski definition) is 1. The van der Waals surface area contributed by atoms with Gasteiger partial charge in [-0.1, -0.05) is 24.3 Å². The Balaban J connectivity index is 1.75. The monoisotopic (exact) mass is 280 g/mol. The molecule has 0 saturated heterocycles. The van der Waals surface area contributed by atoms with Crippen LogP contribution in [0.15, 0.2) is 36.5 Å². The predicted octanol–water partition coefficient (Wildman–Crippen LogP) is 2.87. The molecule has 0 fully saturated rings. The second-order valence-corrected chi connectivity index (χ2v) is 5.37. The highest BCUT2D eigenvalue weighted by molar-refractivity contribution is 5.81. The van der Waals surface area contributed by atoms with Gasteiger partial charge in [-0.2, -0.15) is 5.10 Å². The number of para-hydroxylation sites is 1. The van der Waals surface area contributed by atoms with Gasteiger partial charge in [0.25, 0.3) is 0 Å². The van der Waals surface area contributed by atoms with Gasteiger partial charge in [-0.3, -0.25) is 9.67 Å². The molecule has 0 bridgehead atoms. The highest BCUT2D eigenvalue weighted by Gasteiger charge is 2.09. The topological polar surface area (TPSA) is 42.7 Å². The molecule has 3 rings (SSSR count). The molecule has 0 atom stereocenters. The number of aryl methyl sites for hydroxylation is 2. The summed E-state index contributed by atoms with van der Waals surface area (Å²) in [7, 11) is 1.99. The fourth-order valence-electron chi connectivity index (χ4n) is 2.71. The summed E-state index contributed by atoms with van der Waals surface area (Å²) in [6.45, 7) is 5.80. The molecule has 1 aromatic carbocycles. The molecule has 4 heteroatoms. The van der Waals surface area contributed by atoms with Crippen LogP contribution in [0.5, 0.6) is 0 Å². The molecule has 0 amide bonds. The van der Waals surface area contributed by atoms with Crippen molar-refractivity contribution in [3.63, 3.8) is 0 Å². The number of fused-ring (bicyclic) bond motifs is 1. The molecule has 0 saturated carbocycles. The van der Waals surface area contributed by atoms with Crippen LogP contribution in [0.25, 0.3) is 10.9 Å². The fraction of sp³-hybridized carbons (Fsp3) is 0.294. The van der Waals surface area contributed by atoms with E-state index in [1.807, 2.05) is 24.0 Å². The SMILES string of the molecule is Cc1nn(C)c(C)c1CNCc1cccc2cccnc12. The maximum absolute atomic E-state index is 4.49. The predicted molar refractivity (Wildman–Crippen MR) is 85.0 cm³/mol. The van der Waals surface area contributed by atoms with Crippen LogP contribution in [-0.2, 0) is 20.1 Å². The number of rotatable bonds is 4. The second-order valence-electron chi connectivity index (χ2n) is 5.37. The Morgan fingerprint density at radius 2 is 1.90 bits per heavy atom. The van der Waals surface area contributed by atoms with Crippen LogP contribution in [0, 0.1) is 13.8 Å². The number of hydrogen-bond acceptors (Lipinski definition) is 3. The van der Waals surface area contributed by atoms with Crippen molar-refractivity contribution in [2.45, 2.75) is 26.9 Å². The molecule has 0 unspecified atom stereocenters. The highest BCUT2D eigenvalue weighted by atomic mass is 15.3. The largest absolute Gasteiger partial charge is 0.308 e. The highest BCUT2D eigenvalue weighted by Crippen LogP contribution is 2.16. The number of pyridine rings is 1. The Kier molecular flexibility index (Phi) is 3.71. The van der Waals surface area contributed by atoms with E-state index in [2.05, 4.69) is 53.5 Å². The van der Waals surface area contributed by atoms with Crippen molar-refractivity contribution in [2.75, 3.05) is 0 Å². The second kappa shape index (κ2) is 5.66. The minimum atomic E-state index is 0.808. The quantitative estimate of drug-likeness (QED) is 0.799. The van der Waals surface area contributed by atoms with E-state index in [0.29, 0.717) is 0 Å². The van der Waals surface area contributed by atoms with Crippen molar-refractivity contribution in [3.05, 3.63) is 59.0 Å². The van der Waals surface area contributed by atoms with Crippen molar-refractivity contribution in [2.24, 2.45) is 7.05 Å². The van der Waals surface area contributed by atoms with Crippen LogP contribution in [0.1, 0.15) is 22.5 Å². The first kappa shape index (κ1) is 13.8. The summed E-state index contributed by atoms with van der Waals surface area (Å²) in [6.07, 6.45) is 1.85. The molecule has 0 aliphatic rings. The molecule has 21 heavy (non-hydrogen) atoms. The summed E-state index contributed by atoms with van der Waals surface area (Å²) in [5.74, 6) is 0. The first-order chi connectivity index (χ1) is 10.2. The zero-order valence-electron chi connectivity index (χ0n) is 12.7. The Labute approximate surface area is 124 Å². The fourth-order valence-corrected chi connectivity index (χ4v) is 2.71. The summed E-state index contributed by atoms with van der Waals surface area (Å²) < 4.78 is 1.94. The lowest BCUT2D eigenvalue weighted by Gasteiger charge is -2.08. The van der Waals surface area contributed by atoms with Crippen molar-refractivity contribution in [1.82, 2.24) is 20.1 Å². The Morgan fingerprint density at radius 3 is 2.67 bits per heavy atom. The number of nitrogens with zero attached hydrogens (tertiary/aromatic N) is 3. The van der Waals surface area contributed by atoms with Gasteiger partial charge in [0.2, 0.25) is 0 Å². The Morgan fingerprint density at radius 1 is 1.10 bits per heavy atom. The molecule has 108 valence electrons. The minimum Gasteiger partial charge on any atom is -0.308 e. The van der Waals surface area contributed by atoms with Crippen molar-refractivity contribution < 1.29 is 0 Å². The van der Waals surface area contributed by atoms with Gasteiger partial charge < -0.3 is 5.32 Å². The van der Waals surface area contributed by atoms with Gasteiger partial charge in [-0.15, -0.1) is 0 Å². The van der Waals surface area contributed by atoms with Gasteiger partial charge in [-0.05, 0) is 25.5 Å². The third kappa shape index (κ3) is 2.67. The zero-order valence-corrected chi connectivity index (χ0v) is 12.7. The van der Waals surface area contributed by atoms with E-state index in [9.17, 15) is 0 Å².